The Bertz CT molecular complexity index is 350. The van der Waals surface area contributed by atoms with Crippen molar-refractivity contribution in [3.63, 3.8) is 0 Å². The highest BCUT2D eigenvalue weighted by Gasteiger charge is 2.12. The Morgan fingerprint density at radius 3 is 2.67 bits per heavy atom. The van der Waals surface area contributed by atoms with Crippen LogP contribution in [0.2, 0.25) is 0 Å². The first-order valence-electron chi connectivity index (χ1n) is 5.09. The average Bonchev–Trinajstić information content (AvgIpc) is 2.25. The van der Waals surface area contributed by atoms with E-state index in [0.717, 1.165) is 6.42 Å². The summed E-state index contributed by atoms with van der Waals surface area (Å²) in [6.07, 6.45) is 1.57. The molecular weight excluding hydrogens is 194 g/mol. The summed E-state index contributed by atoms with van der Waals surface area (Å²) in [6.45, 7) is 4.55. The van der Waals surface area contributed by atoms with E-state index in [9.17, 15) is 10.1 Å². The van der Waals surface area contributed by atoms with Crippen molar-refractivity contribution in [2.45, 2.75) is 26.7 Å². The van der Waals surface area contributed by atoms with Crippen LogP contribution < -0.4 is 4.74 Å². The zero-order valence-electron chi connectivity index (χ0n) is 9.03. The van der Waals surface area contributed by atoms with Gasteiger partial charge in [0.2, 0.25) is 0 Å². The van der Waals surface area contributed by atoms with Gasteiger partial charge in [0, 0.05) is 11.6 Å². The van der Waals surface area contributed by atoms with Crippen LogP contribution in [0.15, 0.2) is 18.2 Å². The summed E-state index contributed by atoms with van der Waals surface area (Å²) in [6, 6.07) is 4.89. The van der Waals surface area contributed by atoms with Crippen LogP contribution in [0.5, 0.6) is 5.75 Å². The van der Waals surface area contributed by atoms with Crippen molar-refractivity contribution in [3.05, 3.63) is 33.9 Å². The Balaban J connectivity index is 2.92. The summed E-state index contributed by atoms with van der Waals surface area (Å²) >= 11 is 0. The van der Waals surface area contributed by atoms with E-state index in [4.69, 9.17) is 4.74 Å². The van der Waals surface area contributed by atoms with Gasteiger partial charge in [-0.1, -0.05) is 13.8 Å². The van der Waals surface area contributed by atoms with Crippen molar-refractivity contribution < 1.29 is 9.66 Å². The Morgan fingerprint density at radius 1 is 1.40 bits per heavy atom. The van der Waals surface area contributed by atoms with E-state index < -0.39 is 0 Å². The molecule has 15 heavy (non-hydrogen) atoms. The molecule has 0 spiro atoms. The largest absolute Gasteiger partial charge is 0.494 e. The maximum absolute atomic E-state index is 10.7. The molecule has 0 fully saturated rings. The highest BCUT2D eigenvalue weighted by atomic mass is 16.6. The molecule has 82 valence electrons. The summed E-state index contributed by atoms with van der Waals surface area (Å²) < 4.78 is 5.41. The summed E-state index contributed by atoms with van der Waals surface area (Å²) in [7, 11) is 0. The summed E-state index contributed by atoms with van der Waals surface area (Å²) in [5.74, 6) is 0.708. The monoisotopic (exact) mass is 209 g/mol. The zero-order valence-corrected chi connectivity index (χ0v) is 9.03. The number of hydrogen-bond acceptors (Lipinski definition) is 3. The molecule has 0 aromatic heterocycles. The standard InChI is InChI=1S/C11H15NO3/c1-3-7-15-10-5-6-11(12(13)14)9(4-2)8-10/h5-6,8H,3-4,7H2,1-2H3. The number of ether oxygens (including phenoxy) is 1. The average molecular weight is 209 g/mol. The van der Waals surface area contributed by atoms with Crippen LogP contribution in [-0.2, 0) is 6.42 Å². The topological polar surface area (TPSA) is 52.4 Å². The lowest BCUT2D eigenvalue weighted by Gasteiger charge is -2.06. The summed E-state index contributed by atoms with van der Waals surface area (Å²) in [5.41, 5.74) is 0.884. The molecule has 0 unspecified atom stereocenters. The quantitative estimate of drug-likeness (QED) is 0.553. The molecule has 0 amide bonds. The van der Waals surface area contributed by atoms with Crippen LogP contribution in [-0.4, -0.2) is 11.5 Å². The fourth-order valence-corrected chi connectivity index (χ4v) is 1.33. The first-order valence-corrected chi connectivity index (χ1v) is 5.09. The molecule has 0 aliphatic heterocycles. The van der Waals surface area contributed by atoms with E-state index in [0.29, 0.717) is 24.3 Å². The van der Waals surface area contributed by atoms with Gasteiger partial charge < -0.3 is 4.74 Å². The number of nitro groups is 1. The number of aryl methyl sites for hydroxylation is 1. The normalized spacial score (nSPS) is 10.0. The number of benzene rings is 1. The van der Waals surface area contributed by atoms with Crippen LogP contribution in [0.25, 0.3) is 0 Å². The molecule has 0 saturated carbocycles. The van der Waals surface area contributed by atoms with Gasteiger partial charge in [0.25, 0.3) is 5.69 Å². The number of hydrogen-bond donors (Lipinski definition) is 0. The van der Waals surface area contributed by atoms with Gasteiger partial charge in [-0.3, -0.25) is 10.1 Å². The van der Waals surface area contributed by atoms with Crippen molar-refractivity contribution in [1.29, 1.82) is 0 Å². The number of rotatable bonds is 5. The van der Waals surface area contributed by atoms with Crippen LogP contribution in [0.3, 0.4) is 0 Å². The first-order chi connectivity index (χ1) is 7.19. The minimum atomic E-state index is -0.359. The Morgan fingerprint density at radius 2 is 2.13 bits per heavy atom. The summed E-state index contributed by atoms with van der Waals surface area (Å²) in [4.78, 5) is 10.3. The SMILES string of the molecule is CCCOc1ccc([N+](=O)[O-])c(CC)c1. The Hall–Kier alpha value is -1.58. The second-order valence-corrected chi connectivity index (χ2v) is 3.25. The van der Waals surface area contributed by atoms with E-state index in [2.05, 4.69) is 0 Å². The molecule has 0 saturated heterocycles. The zero-order chi connectivity index (χ0) is 11.3. The molecule has 0 bridgehead atoms. The molecule has 0 aliphatic rings. The molecule has 1 aromatic carbocycles. The fourth-order valence-electron chi connectivity index (χ4n) is 1.33. The van der Waals surface area contributed by atoms with Crippen LogP contribution >= 0.6 is 0 Å². The molecule has 0 aliphatic carbocycles. The van der Waals surface area contributed by atoms with Crippen molar-refractivity contribution in [2.75, 3.05) is 6.61 Å². The molecule has 1 aromatic rings. The number of nitrogens with zero attached hydrogens (tertiary/aromatic N) is 1. The van der Waals surface area contributed by atoms with E-state index in [1.165, 1.54) is 6.07 Å². The highest BCUT2D eigenvalue weighted by molar-refractivity contribution is 5.45. The molecule has 4 heteroatoms. The first kappa shape index (κ1) is 11.5. The van der Waals surface area contributed by atoms with Gasteiger partial charge in [-0.2, -0.15) is 0 Å². The molecule has 1 rings (SSSR count). The van der Waals surface area contributed by atoms with E-state index in [1.54, 1.807) is 12.1 Å². The van der Waals surface area contributed by atoms with Gasteiger partial charge in [0.1, 0.15) is 5.75 Å². The Labute approximate surface area is 89.0 Å². The lowest BCUT2D eigenvalue weighted by molar-refractivity contribution is -0.385. The maximum Gasteiger partial charge on any atom is 0.272 e. The third-order valence-electron chi connectivity index (χ3n) is 2.10. The third-order valence-corrected chi connectivity index (χ3v) is 2.10. The van der Waals surface area contributed by atoms with Gasteiger partial charge in [0.05, 0.1) is 11.5 Å². The molecule has 0 atom stereocenters. The molecule has 4 nitrogen and oxygen atoms in total. The summed E-state index contributed by atoms with van der Waals surface area (Å²) in [5, 5.41) is 10.7. The van der Waals surface area contributed by atoms with Crippen LogP contribution in [0, 0.1) is 10.1 Å². The van der Waals surface area contributed by atoms with Crippen molar-refractivity contribution in [1.82, 2.24) is 0 Å². The molecule has 0 N–H and O–H groups in total. The van der Waals surface area contributed by atoms with Gasteiger partial charge in [-0.15, -0.1) is 0 Å². The lowest BCUT2D eigenvalue weighted by Crippen LogP contribution is -1.98. The molecule has 0 radical (unpaired) electrons. The lowest BCUT2D eigenvalue weighted by atomic mass is 10.1. The minimum absolute atomic E-state index is 0.168. The molecule has 0 heterocycles. The predicted octanol–water partition coefficient (Wildman–Crippen LogP) is 2.95. The fraction of sp³-hybridized carbons (Fsp3) is 0.455. The van der Waals surface area contributed by atoms with Gasteiger partial charge in [0.15, 0.2) is 0 Å². The van der Waals surface area contributed by atoms with Crippen molar-refractivity contribution in [3.8, 4) is 5.75 Å². The van der Waals surface area contributed by atoms with E-state index in [-0.39, 0.29) is 10.6 Å². The van der Waals surface area contributed by atoms with Gasteiger partial charge in [-0.05, 0) is 25.0 Å². The second kappa shape index (κ2) is 5.34. The third kappa shape index (κ3) is 2.94. The maximum atomic E-state index is 10.7. The number of nitro benzene ring substituents is 1. The second-order valence-electron chi connectivity index (χ2n) is 3.25. The van der Waals surface area contributed by atoms with Crippen molar-refractivity contribution in [2.24, 2.45) is 0 Å². The highest BCUT2D eigenvalue weighted by Crippen LogP contribution is 2.24. The van der Waals surface area contributed by atoms with E-state index >= 15 is 0 Å². The smallest absolute Gasteiger partial charge is 0.272 e. The van der Waals surface area contributed by atoms with Gasteiger partial charge >= 0.3 is 0 Å². The van der Waals surface area contributed by atoms with Crippen LogP contribution in [0.1, 0.15) is 25.8 Å². The molecular formula is C11H15NO3. The van der Waals surface area contributed by atoms with E-state index in [1.807, 2.05) is 13.8 Å². The predicted molar refractivity (Wildman–Crippen MR) is 58.3 cm³/mol. The Kier molecular flexibility index (Phi) is 4.09. The van der Waals surface area contributed by atoms with Gasteiger partial charge in [-0.25, -0.2) is 0 Å². The van der Waals surface area contributed by atoms with Crippen LogP contribution in [0.4, 0.5) is 5.69 Å². The minimum Gasteiger partial charge on any atom is -0.494 e. The van der Waals surface area contributed by atoms with Crippen molar-refractivity contribution >= 4 is 5.69 Å².